The Morgan fingerprint density at radius 3 is 2.14 bits per heavy atom. The minimum atomic E-state index is 0.0897. The third-order valence-electron chi connectivity index (χ3n) is 4.12. The molecule has 0 spiro atoms. The molecule has 0 N–H and O–H groups in total. The summed E-state index contributed by atoms with van der Waals surface area (Å²) in [5.41, 5.74) is 1.62. The number of benzene rings is 1. The number of nitrogens with zero attached hydrogens (tertiary/aromatic N) is 1. The van der Waals surface area contributed by atoms with E-state index in [1.165, 1.54) is 6.42 Å². The van der Waals surface area contributed by atoms with E-state index in [4.69, 9.17) is 9.47 Å². The van der Waals surface area contributed by atoms with Crippen LogP contribution in [0.2, 0.25) is 0 Å². The van der Waals surface area contributed by atoms with E-state index in [2.05, 4.69) is 13.8 Å². The van der Waals surface area contributed by atoms with E-state index in [1.807, 2.05) is 17.9 Å². The Bertz CT molecular complexity index is 517. The van der Waals surface area contributed by atoms with Crippen LogP contribution in [0.5, 0.6) is 11.5 Å². The van der Waals surface area contributed by atoms with Gasteiger partial charge in [-0.3, -0.25) is 4.79 Å². The van der Waals surface area contributed by atoms with E-state index in [0.717, 1.165) is 18.7 Å². The van der Waals surface area contributed by atoms with Crippen molar-refractivity contribution in [3.63, 3.8) is 0 Å². The first-order valence-corrected chi connectivity index (χ1v) is 7.48. The van der Waals surface area contributed by atoms with E-state index in [-0.39, 0.29) is 5.91 Å². The van der Waals surface area contributed by atoms with Crippen molar-refractivity contribution in [3.05, 3.63) is 23.3 Å². The van der Waals surface area contributed by atoms with Gasteiger partial charge in [0.15, 0.2) is 11.5 Å². The smallest absolute Gasteiger partial charge is 0.254 e. The predicted molar refractivity (Wildman–Crippen MR) is 83.1 cm³/mol. The number of likely N-dealkylation sites (tertiary alicyclic amines) is 1. The normalized spacial score (nSPS) is 22.0. The lowest BCUT2D eigenvalue weighted by Crippen LogP contribution is -2.42. The van der Waals surface area contributed by atoms with Gasteiger partial charge >= 0.3 is 0 Å². The second-order valence-electron chi connectivity index (χ2n) is 6.18. The highest BCUT2D eigenvalue weighted by atomic mass is 16.5. The summed E-state index contributed by atoms with van der Waals surface area (Å²) < 4.78 is 10.6. The van der Waals surface area contributed by atoms with E-state index in [1.54, 1.807) is 20.3 Å². The Balaban J connectivity index is 2.30. The quantitative estimate of drug-likeness (QED) is 0.859. The fourth-order valence-electron chi connectivity index (χ4n) is 3.21. The van der Waals surface area contributed by atoms with Crippen LogP contribution in [-0.2, 0) is 0 Å². The molecule has 4 nitrogen and oxygen atoms in total. The van der Waals surface area contributed by atoms with Crippen LogP contribution in [0.3, 0.4) is 0 Å². The maximum Gasteiger partial charge on any atom is 0.254 e. The van der Waals surface area contributed by atoms with Crippen molar-refractivity contribution < 1.29 is 14.3 Å². The molecule has 4 heteroatoms. The zero-order valence-electron chi connectivity index (χ0n) is 13.6. The fraction of sp³-hybridized carbons (Fsp3) is 0.588. The van der Waals surface area contributed by atoms with Gasteiger partial charge in [0.25, 0.3) is 5.91 Å². The van der Waals surface area contributed by atoms with Crippen LogP contribution in [0.1, 0.15) is 36.2 Å². The standard InChI is InChI=1S/C17H25NO3/c1-11-6-12(2)10-18(9-11)17(19)14-8-16(21-5)15(20-4)7-13(14)3/h7-8,11-12H,6,9-10H2,1-5H3. The van der Waals surface area contributed by atoms with Crippen molar-refractivity contribution in [3.8, 4) is 11.5 Å². The van der Waals surface area contributed by atoms with E-state index in [0.29, 0.717) is 28.9 Å². The molecule has 1 aromatic rings. The highest BCUT2D eigenvalue weighted by molar-refractivity contribution is 5.96. The molecule has 2 atom stereocenters. The molecular formula is C17H25NO3. The summed E-state index contributed by atoms with van der Waals surface area (Å²) in [5, 5.41) is 0. The number of piperidine rings is 1. The van der Waals surface area contributed by atoms with E-state index < -0.39 is 0 Å². The minimum Gasteiger partial charge on any atom is -0.493 e. The molecule has 1 saturated heterocycles. The van der Waals surface area contributed by atoms with Crippen LogP contribution in [0.4, 0.5) is 0 Å². The lowest BCUT2D eigenvalue weighted by molar-refractivity contribution is 0.0622. The molecule has 21 heavy (non-hydrogen) atoms. The van der Waals surface area contributed by atoms with Crippen LogP contribution in [0, 0.1) is 18.8 Å². The average molecular weight is 291 g/mol. The van der Waals surface area contributed by atoms with Crippen molar-refractivity contribution in [1.29, 1.82) is 0 Å². The second kappa shape index (κ2) is 6.37. The first-order chi connectivity index (χ1) is 9.96. The topological polar surface area (TPSA) is 38.8 Å². The zero-order chi connectivity index (χ0) is 15.6. The average Bonchev–Trinajstić information content (AvgIpc) is 2.45. The number of methoxy groups -OCH3 is 2. The first-order valence-electron chi connectivity index (χ1n) is 7.48. The molecule has 0 radical (unpaired) electrons. The molecule has 1 amide bonds. The van der Waals surface area contributed by atoms with Crippen LogP contribution in [0.15, 0.2) is 12.1 Å². The highest BCUT2D eigenvalue weighted by Gasteiger charge is 2.27. The molecule has 116 valence electrons. The molecule has 1 fully saturated rings. The fourth-order valence-corrected chi connectivity index (χ4v) is 3.21. The molecule has 1 aromatic carbocycles. The summed E-state index contributed by atoms with van der Waals surface area (Å²) in [6.07, 6.45) is 1.19. The lowest BCUT2D eigenvalue weighted by atomic mass is 9.91. The largest absolute Gasteiger partial charge is 0.493 e. The summed E-state index contributed by atoms with van der Waals surface area (Å²) in [6, 6.07) is 3.66. The molecular weight excluding hydrogens is 266 g/mol. The second-order valence-corrected chi connectivity index (χ2v) is 6.18. The van der Waals surface area contributed by atoms with Crippen LogP contribution < -0.4 is 9.47 Å². The number of hydrogen-bond acceptors (Lipinski definition) is 3. The molecule has 2 unspecified atom stereocenters. The summed E-state index contributed by atoms with van der Waals surface area (Å²) in [6.45, 7) is 8.01. The maximum absolute atomic E-state index is 12.8. The van der Waals surface area contributed by atoms with Crippen molar-refractivity contribution in [2.75, 3.05) is 27.3 Å². The van der Waals surface area contributed by atoms with Crippen LogP contribution >= 0.6 is 0 Å². The van der Waals surface area contributed by atoms with Gasteiger partial charge in [-0.1, -0.05) is 13.8 Å². The Kier molecular flexibility index (Phi) is 4.76. The number of aryl methyl sites for hydroxylation is 1. The van der Waals surface area contributed by atoms with Gasteiger partial charge in [0.1, 0.15) is 0 Å². The summed E-state index contributed by atoms with van der Waals surface area (Å²) in [5.74, 6) is 2.46. The number of ether oxygens (including phenoxy) is 2. The third-order valence-corrected chi connectivity index (χ3v) is 4.12. The van der Waals surface area contributed by atoms with Gasteiger partial charge in [-0.25, -0.2) is 0 Å². The minimum absolute atomic E-state index is 0.0897. The van der Waals surface area contributed by atoms with Crippen LogP contribution in [-0.4, -0.2) is 38.1 Å². The van der Waals surface area contributed by atoms with Crippen molar-refractivity contribution in [1.82, 2.24) is 4.90 Å². The van der Waals surface area contributed by atoms with Gasteiger partial charge in [0.05, 0.1) is 14.2 Å². The molecule has 0 bridgehead atoms. The van der Waals surface area contributed by atoms with E-state index >= 15 is 0 Å². The Hall–Kier alpha value is -1.71. The molecule has 1 aliphatic rings. The third kappa shape index (κ3) is 3.31. The van der Waals surface area contributed by atoms with Crippen LogP contribution in [0.25, 0.3) is 0 Å². The number of amides is 1. The zero-order valence-corrected chi connectivity index (χ0v) is 13.6. The SMILES string of the molecule is COc1cc(C)c(C(=O)N2CC(C)CC(C)C2)cc1OC. The molecule has 2 rings (SSSR count). The monoisotopic (exact) mass is 291 g/mol. The Morgan fingerprint density at radius 2 is 1.62 bits per heavy atom. The molecule has 1 aliphatic heterocycles. The van der Waals surface area contributed by atoms with Gasteiger partial charge in [-0.15, -0.1) is 0 Å². The first kappa shape index (κ1) is 15.7. The van der Waals surface area contributed by atoms with Crippen molar-refractivity contribution in [2.45, 2.75) is 27.2 Å². The molecule has 0 saturated carbocycles. The highest BCUT2D eigenvalue weighted by Crippen LogP contribution is 2.31. The van der Waals surface area contributed by atoms with Crippen molar-refractivity contribution in [2.24, 2.45) is 11.8 Å². The summed E-state index contributed by atoms with van der Waals surface area (Å²) in [4.78, 5) is 14.8. The van der Waals surface area contributed by atoms with Gasteiger partial charge in [0, 0.05) is 18.7 Å². The Labute approximate surface area is 127 Å². The van der Waals surface area contributed by atoms with Crippen molar-refractivity contribution >= 4 is 5.91 Å². The number of rotatable bonds is 3. The molecule has 0 aliphatic carbocycles. The Morgan fingerprint density at radius 1 is 1.10 bits per heavy atom. The molecule has 1 heterocycles. The van der Waals surface area contributed by atoms with Gasteiger partial charge < -0.3 is 14.4 Å². The van der Waals surface area contributed by atoms with Gasteiger partial charge in [-0.2, -0.15) is 0 Å². The number of carbonyl (C=O) groups excluding carboxylic acids is 1. The predicted octanol–water partition coefficient (Wildman–Crippen LogP) is 3.13. The van der Waals surface area contributed by atoms with Gasteiger partial charge in [-0.05, 0) is 42.9 Å². The molecule has 0 aromatic heterocycles. The van der Waals surface area contributed by atoms with E-state index in [9.17, 15) is 4.79 Å². The summed E-state index contributed by atoms with van der Waals surface area (Å²) >= 11 is 0. The number of carbonyl (C=O) groups is 1. The summed E-state index contributed by atoms with van der Waals surface area (Å²) in [7, 11) is 3.19. The lowest BCUT2D eigenvalue weighted by Gasteiger charge is -2.35. The van der Waals surface area contributed by atoms with Gasteiger partial charge in [0.2, 0.25) is 0 Å². The number of hydrogen-bond donors (Lipinski definition) is 0. The maximum atomic E-state index is 12.8.